The second kappa shape index (κ2) is 5.09. The predicted octanol–water partition coefficient (Wildman–Crippen LogP) is 1.53. The smallest absolute Gasteiger partial charge is 0.250 e. The molecule has 0 radical (unpaired) electrons. The highest BCUT2D eigenvalue weighted by molar-refractivity contribution is 5.99. The van der Waals surface area contributed by atoms with Gasteiger partial charge >= 0.3 is 0 Å². The van der Waals surface area contributed by atoms with Crippen LogP contribution in [-0.2, 0) is 0 Å². The molecule has 1 aromatic carbocycles. The first-order valence-electron chi connectivity index (χ1n) is 7.49. The Balaban J connectivity index is 2.00. The molecule has 2 saturated heterocycles. The number of nitrogens with one attached hydrogen (secondary N) is 1. The highest BCUT2D eigenvalue weighted by atomic mass is 16.1. The van der Waals surface area contributed by atoms with E-state index < -0.39 is 0 Å². The summed E-state index contributed by atoms with van der Waals surface area (Å²) in [5, 5.41) is 3.49. The number of amides is 1. The largest absolute Gasteiger partial charge is 0.367 e. The van der Waals surface area contributed by atoms with Crippen molar-refractivity contribution in [3.05, 3.63) is 29.3 Å². The number of benzene rings is 1. The van der Waals surface area contributed by atoms with Crippen molar-refractivity contribution in [1.82, 2.24) is 5.32 Å². The molecule has 3 unspecified atom stereocenters. The average Bonchev–Trinajstić information content (AvgIpc) is 2.97. The van der Waals surface area contributed by atoms with Crippen LogP contribution >= 0.6 is 0 Å². The minimum Gasteiger partial charge on any atom is -0.367 e. The lowest BCUT2D eigenvalue weighted by molar-refractivity contribution is 0.100. The molecule has 1 aromatic rings. The summed E-state index contributed by atoms with van der Waals surface area (Å²) in [6.45, 7) is 7.51. The monoisotopic (exact) mass is 273 g/mol. The molecule has 0 spiro atoms. The van der Waals surface area contributed by atoms with Gasteiger partial charge in [-0.25, -0.2) is 0 Å². The van der Waals surface area contributed by atoms with Gasteiger partial charge in [0.05, 0.1) is 11.3 Å². The minimum absolute atomic E-state index is 0.329. The number of carbonyl (C=O) groups is 1. The summed E-state index contributed by atoms with van der Waals surface area (Å²) < 4.78 is 0. The maximum Gasteiger partial charge on any atom is 0.250 e. The Hall–Kier alpha value is -1.55. The van der Waals surface area contributed by atoms with Gasteiger partial charge in [-0.1, -0.05) is 13.0 Å². The van der Waals surface area contributed by atoms with Crippen molar-refractivity contribution in [3.8, 4) is 0 Å². The van der Waals surface area contributed by atoms with Gasteiger partial charge in [-0.15, -0.1) is 0 Å². The van der Waals surface area contributed by atoms with Gasteiger partial charge in [0.2, 0.25) is 0 Å². The van der Waals surface area contributed by atoms with E-state index in [1.807, 2.05) is 12.1 Å². The van der Waals surface area contributed by atoms with Crippen molar-refractivity contribution in [2.75, 3.05) is 24.5 Å². The second-order valence-electron chi connectivity index (χ2n) is 6.09. The average molecular weight is 273 g/mol. The number of hydrogen-bond donors (Lipinski definition) is 2. The number of anilines is 1. The number of primary amides is 1. The molecule has 0 saturated carbocycles. The standard InChI is InChI=1S/C16H23N3O/c1-3-14-13-8-18-7-11(13)9-19(14)15-6-10(2)4-5-12(15)16(17)20/h4-6,11,13-14,18H,3,7-9H2,1-2H3,(H2,17,20). The summed E-state index contributed by atoms with van der Waals surface area (Å²) in [5.41, 5.74) is 8.41. The normalized spacial score (nSPS) is 28.7. The van der Waals surface area contributed by atoms with E-state index in [9.17, 15) is 4.79 Å². The van der Waals surface area contributed by atoms with Crippen molar-refractivity contribution in [2.24, 2.45) is 17.6 Å². The molecule has 2 heterocycles. The number of nitrogens with two attached hydrogens (primary N) is 1. The lowest BCUT2D eigenvalue weighted by atomic mass is 9.92. The van der Waals surface area contributed by atoms with Gasteiger partial charge in [0.1, 0.15) is 0 Å². The van der Waals surface area contributed by atoms with Crippen molar-refractivity contribution in [2.45, 2.75) is 26.3 Å². The van der Waals surface area contributed by atoms with Crippen LogP contribution in [0.2, 0.25) is 0 Å². The van der Waals surface area contributed by atoms with Crippen LogP contribution in [0.25, 0.3) is 0 Å². The van der Waals surface area contributed by atoms with Crippen LogP contribution in [-0.4, -0.2) is 31.6 Å². The quantitative estimate of drug-likeness (QED) is 0.878. The molecule has 4 nitrogen and oxygen atoms in total. The van der Waals surface area contributed by atoms with Crippen LogP contribution in [0.1, 0.15) is 29.3 Å². The van der Waals surface area contributed by atoms with Gasteiger partial charge < -0.3 is 16.0 Å². The first-order valence-corrected chi connectivity index (χ1v) is 7.49. The SMILES string of the molecule is CCC1C2CNCC2CN1c1cc(C)ccc1C(N)=O. The molecule has 0 bridgehead atoms. The van der Waals surface area contributed by atoms with E-state index in [0.717, 1.165) is 31.7 Å². The van der Waals surface area contributed by atoms with Crippen molar-refractivity contribution in [3.63, 3.8) is 0 Å². The zero-order valence-electron chi connectivity index (χ0n) is 12.2. The third-order valence-corrected chi connectivity index (χ3v) is 4.86. The Morgan fingerprint density at radius 1 is 1.45 bits per heavy atom. The fourth-order valence-corrected chi connectivity index (χ4v) is 3.91. The fraction of sp³-hybridized carbons (Fsp3) is 0.562. The zero-order valence-corrected chi connectivity index (χ0v) is 12.2. The number of hydrogen-bond acceptors (Lipinski definition) is 3. The lowest BCUT2D eigenvalue weighted by Crippen LogP contribution is -2.36. The number of nitrogens with zero attached hydrogens (tertiary/aromatic N) is 1. The molecule has 2 fully saturated rings. The van der Waals surface area contributed by atoms with Crippen molar-refractivity contribution in [1.29, 1.82) is 0 Å². The van der Waals surface area contributed by atoms with E-state index >= 15 is 0 Å². The van der Waals surface area contributed by atoms with E-state index in [-0.39, 0.29) is 5.91 Å². The summed E-state index contributed by atoms with van der Waals surface area (Å²) in [7, 11) is 0. The maximum atomic E-state index is 11.7. The van der Waals surface area contributed by atoms with Crippen molar-refractivity contribution < 1.29 is 4.79 Å². The Morgan fingerprint density at radius 3 is 2.95 bits per heavy atom. The van der Waals surface area contributed by atoms with Gasteiger partial charge in [-0.3, -0.25) is 4.79 Å². The van der Waals surface area contributed by atoms with E-state index in [0.29, 0.717) is 23.4 Å². The number of rotatable bonds is 3. The van der Waals surface area contributed by atoms with Gasteiger partial charge in [0.15, 0.2) is 0 Å². The molecule has 3 N–H and O–H groups in total. The molecule has 2 aliphatic rings. The van der Waals surface area contributed by atoms with Gasteiger partial charge in [0.25, 0.3) is 5.91 Å². The molecule has 1 amide bonds. The molecule has 108 valence electrons. The second-order valence-corrected chi connectivity index (χ2v) is 6.09. The highest BCUT2D eigenvalue weighted by Crippen LogP contribution is 2.38. The third kappa shape index (κ3) is 2.08. The Kier molecular flexibility index (Phi) is 3.42. The van der Waals surface area contributed by atoms with Crippen LogP contribution in [0, 0.1) is 18.8 Å². The number of fused-ring (bicyclic) bond motifs is 1. The van der Waals surface area contributed by atoms with Crippen LogP contribution in [0.15, 0.2) is 18.2 Å². The maximum absolute atomic E-state index is 11.7. The van der Waals surface area contributed by atoms with E-state index in [1.54, 1.807) is 0 Å². The minimum atomic E-state index is -0.329. The number of carbonyl (C=O) groups excluding carboxylic acids is 1. The van der Waals surface area contributed by atoms with Crippen LogP contribution in [0.3, 0.4) is 0 Å². The molecule has 0 aromatic heterocycles. The molecule has 2 aliphatic heterocycles. The lowest BCUT2D eigenvalue weighted by Gasteiger charge is -2.30. The summed E-state index contributed by atoms with van der Waals surface area (Å²) in [4.78, 5) is 14.1. The Labute approximate surface area is 120 Å². The van der Waals surface area contributed by atoms with Crippen molar-refractivity contribution >= 4 is 11.6 Å². The van der Waals surface area contributed by atoms with Gasteiger partial charge in [-0.05, 0) is 42.9 Å². The fourth-order valence-electron chi connectivity index (χ4n) is 3.91. The molecule has 3 atom stereocenters. The van der Waals surface area contributed by atoms with Crippen LogP contribution in [0.5, 0.6) is 0 Å². The van der Waals surface area contributed by atoms with Crippen LogP contribution < -0.4 is 16.0 Å². The summed E-state index contributed by atoms with van der Waals surface area (Å²) in [6.07, 6.45) is 1.11. The Morgan fingerprint density at radius 2 is 2.25 bits per heavy atom. The molecule has 4 heteroatoms. The van der Waals surface area contributed by atoms with Gasteiger partial charge in [-0.2, -0.15) is 0 Å². The first kappa shape index (κ1) is 13.4. The summed E-state index contributed by atoms with van der Waals surface area (Å²) in [6, 6.07) is 6.45. The molecular formula is C16H23N3O. The molecular weight excluding hydrogens is 250 g/mol. The molecule has 3 rings (SSSR count). The molecule has 20 heavy (non-hydrogen) atoms. The van der Waals surface area contributed by atoms with E-state index in [4.69, 9.17) is 5.73 Å². The Bertz CT molecular complexity index is 528. The predicted molar refractivity (Wildman–Crippen MR) is 81.0 cm³/mol. The highest BCUT2D eigenvalue weighted by Gasteiger charge is 2.43. The van der Waals surface area contributed by atoms with E-state index in [2.05, 4.69) is 30.1 Å². The molecule has 0 aliphatic carbocycles. The zero-order chi connectivity index (χ0) is 14.3. The summed E-state index contributed by atoms with van der Waals surface area (Å²) in [5.74, 6) is 1.06. The van der Waals surface area contributed by atoms with E-state index in [1.165, 1.54) is 5.56 Å². The number of aryl methyl sites for hydroxylation is 1. The van der Waals surface area contributed by atoms with Crippen LogP contribution in [0.4, 0.5) is 5.69 Å². The first-order chi connectivity index (χ1) is 9.61. The topological polar surface area (TPSA) is 58.4 Å². The summed E-state index contributed by atoms with van der Waals surface area (Å²) >= 11 is 0. The third-order valence-electron chi connectivity index (χ3n) is 4.86. The van der Waals surface area contributed by atoms with Gasteiger partial charge in [0, 0.05) is 25.7 Å².